The first-order valence-corrected chi connectivity index (χ1v) is 7.99. The van der Waals surface area contributed by atoms with E-state index in [1.165, 1.54) is 12.1 Å². The number of phenolic OH excluding ortho intramolecular Hbond substituents is 1. The molecule has 6 heteroatoms. The highest BCUT2D eigenvalue weighted by atomic mass is 19.1. The number of aromatic nitrogens is 1. The van der Waals surface area contributed by atoms with Crippen LogP contribution in [0.2, 0.25) is 0 Å². The van der Waals surface area contributed by atoms with Gasteiger partial charge in [-0.25, -0.2) is 4.39 Å². The van der Waals surface area contributed by atoms with E-state index < -0.39 is 5.82 Å². The molecule has 2 aromatic rings. The number of carbonyl (C=O) groups excluding carboxylic acids is 1. The lowest BCUT2D eigenvalue weighted by atomic mass is 10.1. The van der Waals surface area contributed by atoms with Gasteiger partial charge in [0.1, 0.15) is 11.6 Å². The van der Waals surface area contributed by atoms with Gasteiger partial charge in [0.05, 0.1) is 11.3 Å². The number of aromatic hydroxyl groups is 1. The summed E-state index contributed by atoms with van der Waals surface area (Å²) in [6.45, 7) is 4.60. The van der Waals surface area contributed by atoms with Crippen LogP contribution < -0.4 is 0 Å². The van der Waals surface area contributed by atoms with Crippen LogP contribution in [-0.4, -0.2) is 52.0 Å². The maximum absolute atomic E-state index is 13.9. The van der Waals surface area contributed by atoms with E-state index in [0.29, 0.717) is 26.2 Å². The number of rotatable bonds is 3. The zero-order chi connectivity index (χ0) is 17.1. The standard InChI is InChI=1S/C18H20FN3O2/c1-13(17-4-2-3-7-20-17)21-8-10-22(11-9-21)18(24)15-6-5-14(23)12-16(15)19/h2-7,12-13,23H,8-11H2,1H3/t13-/m0/s1. The molecule has 0 aliphatic carbocycles. The van der Waals surface area contributed by atoms with Crippen molar-refractivity contribution in [3.8, 4) is 5.75 Å². The highest BCUT2D eigenvalue weighted by Gasteiger charge is 2.27. The Morgan fingerprint density at radius 1 is 1.21 bits per heavy atom. The quantitative estimate of drug-likeness (QED) is 0.940. The van der Waals surface area contributed by atoms with Crippen molar-refractivity contribution in [2.24, 2.45) is 0 Å². The van der Waals surface area contributed by atoms with Crippen molar-refractivity contribution in [2.45, 2.75) is 13.0 Å². The molecule has 0 spiro atoms. The van der Waals surface area contributed by atoms with Crippen LogP contribution in [0.15, 0.2) is 42.6 Å². The smallest absolute Gasteiger partial charge is 0.256 e. The molecule has 2 heterocycles. The molecule has 24 heavy (non-hydrogen) atoms. The summed E-state index contributed by atoms with van der Waals surface area (Å²) in [5.41, 5.74) is 1.00. The molecule has 0 radical (unpaired) electrons. The molecule has 1 amide bonds. The van der Waals surface area contributed by atoms with Crippen LogP contribution in [0.4, 0.5) is 4.39 Å². The summed E-state index contributed by atoms with van der Waals surface area (Å²) in [7, 11) is 0. The summed E-state index contributed by atoms with van der Waals surface area (Å²) < 4.78 is 13.9. The Morgan fingerprint density at radius 2 is 1.96 bits per heavy atom. The molecular formula is C18H20FN3O2. The second-order valence-corrected chi connectivity index (χ2v) is 5.92. The van der Waals surface area contributed by atoms with Crippen molar-refractivity contribution in [2.75, 3.05) is 26.2 Å². The lowest BCUT2D eigenvalue weighted by Gasteiger charge is -2.37. The highest BCUT2D eigenvalue weighted by molar-refractivity contribution is 5.94. The van der Waals surface area contributed by atoms with Crippen LogP contribution >= 0.6 is 0 Å². The van der Waals surface area contributed by atoms with Gasteiger partial charge < -0.3 is 10.0 Å². The molecule has 1 aliphatic rings. The summed E-state index contributed by atoms with van der Waals surface area (Å²) in [4.78, 5) is 20.7. The highest BCUT2D eigenvalue weighted by Crippen LogP contribution is 2.21. The molecule has 1 N–H and O–H groups in total. The van der Waals surface area contributed by atoms with Gasteiger partial charge in [-0.3, -0.25) is 14.7 Å². The third kappa shape index (κ3) is 3.38. The molecule has 0 saturated carbocycles. The summed E-state index contributed by atoms with van der Waals surface area (Å²) in [6.07, 6.45) is 1.78. The van der Waals surface area contributed by atoms with E-state index in [4.69, 9.17) is 0 Å². The monoisotopic (exact) mass is 329 g/mol. The Labute approximate surface area is 140 Å². The van der Waals surface area contributed by atoms with Crippen molar-refractivity contribution in [3.05, 3.63) is 59.7 Å². The van der Waals surface area contributed by atoms with E-state index >= 15 is 0 Å². The minimum Gasteiger partial charge on any atom is -0.508 e. The van der Waals surface area contributed by atoms with Gasteiger partial charge in [0.2, 0.25) is 0 Å². The van der Waals surface area contributed by atoms with Gasteiger partial charge in [0, 0.05) is 44.5 Å². The summed E-state index contributed by atoms with van der Waals surface area (Å²) in [5, 5.41) is 9.26. The molecule has 1 atom stereocenters. The van der Waals surface area contributed by atoms with Crippen molar-refractivity contribution >= 4 is 5.91 Å². The molecule has 3 rings (SSSR count). The van der Waals surface area contributed by atoms with Gasteiger partial charge >= 0.3 is 0 Å². The number of halogens is 1. The molecule has 126 valence electrons. The van der Waals surface area contributed by atoms with Crippen LogP contribution in [0, 0.1) is 5.82 Å². The van der Waals surface area contributed by atoms with Crippen LogP contribution in [0.1, 0.15) is 29.0 Å². The molecule has 1 aliphatic heterocycles. The number of piperazine rings is 1. The topological polar surface area (TPSA) is 56.7 Å². The number of hydrogen-bond donors (Lipinski definition) is 1. The predicted molar refractivity (Wildman–Crippen MR) is 88.2 cm³/mol. The Bertz CT molecular complexity index is 715. The maximum Gasteiger partial charge on any atom is 0.256 e. The summed E-state index contributed by atoms with van der Waals surface area (Å²) in [5.74, 6) is -1.21. The van der Waals surface area contributed by atoms with Crippen LogP contribution in [0.3, 0.4) is 0 Å². The molecule has 0 unspecified atom stereocenters. The first-order valence-electron chi connectivity index (χ1n) is 7.99. The van der Waals surface area contributed by atoms with Gasteiger partial charge in [-0.05, 0) is 31.2 Å². The van der Waals surface area contributed by atoms with Crippen molar-refractivity contribution < 1.29 is 14.3 Å². The molecule has 1 fully saturated rings. The van der Waals surface area contributed by atoms with E-state index in [-0.39, 0.29) is 23.3 Å². The molecule has 1 aromatic heterocycles. The fourth-order valence-electron chi connectivity index (χ4n) is 2.97. The SMILES string of the molecule is C[C@@H](c1ccccn1)N1CCN(C(=O)c2ccc(O)cc2F)CC1. The van der Waals surface area contributed by atoms with Crippen molar-refractivity contribution in [1.29, 1.82) is 0 Å². The van der Waals surface area contributed by atoms with E-state index in [0.717, 1.165) is 11.8 Å². The van der Waals surface area contributed by atoms with Crippen molar-refractivity contribution in [1.82, 2.24) is 14.8 Å². The van der Waals surface area contributed by atoms with Gasteiger partial charge in [0.25, 0.3) is 5.91 Å². The van der Waals surface area contributed by atoms with Gasteiger partial charge in [-0.2, -0.15) is 0 Å². The van der Waals surface area contributed by atoms with Crippen LogP contribution in [-0.2, 0) is 0 Å². The predicted octanol–water partition coefficient (Wildman–Crippen LogP) is 2.45. The second kappa shape index (κ2) is 6.97. The average Bonchev–Trinajstić information content (AvgIpc) is 2.61. The Morgan fingerprint density at radius 3 is 2.58 bits per heavy atom. The molecular weight excluding hydrogens is 309 g/mol. The first-order chi connectivity index (χ1) is 11.6. The number of amides is 1. The molecule has 1 aromatic carbocycles. The number of phenols is 1. The minimum atomic E-state index is -0.690. The lowest BCUT2D eigenvalue weighted by molar-refractivity contribution is 0.0574. The minimum absolute atomic E-state index is 0.000903. The fourth-order valence-corrected chi connectivity index (χ4v) is 2.97. The third-order valence-electron chi connectivity index (χ3n) is 4.45. The number of hydrogen-bond acceptors (Lipinski definition) is 4. The zero-order valence-corrected chi connectivity index (χ0v) is 13.5. The Balaban J connectivity index is 1.63. The Hall–Kier alpha value is -2.47. The normalized spacial score (nSPS) is 16.8. The van der Waals surface area contributed by atoms with E-state index in [2.05, 4.69) is 16.8 Å². The fraction of sp³-hybridized carbons (Fsp3) is 0.333. The summed E-state index contributed by atoms with van der Waals surface area (Å²) >= 11 is 0. The largest absolute Gasteiger partial charge is 0.508 e. The number of pyridine rings is 1. The third-order valence-corrected chi connectivity index (χ3v) is 4.45. The van der Waals surface area contributed by atoms with E-state index in [9.17, 15) is 14.3 Å². The molecule has 0 bridgehead atoms. The number of carbonyl (C=O) groups is 1. The zero-order valence-electron chi connectivity index (χ0n) is 13.5. The van der Waals surface area contributed by atoms with E-state index in [1.807, 2.05) is 18.2 Å². The summed E-state index contributed by atoms with van der Waals surface area (Å²) in [6, 6.07) is 9.64. The lowest BCUT2D eigenvalue weighted by Crippen LogP contribution is -2.49. The molecule has 1 saturated heterocycles. The Kier molecular flexibility index (Phi) is 4.76. The van der Waals surface area contributed by atoms with Crippen molar-refractivity contribution in [3.63, 3.8) is 0 Å². The maximum atomic E-state index is 13.9. The van der Waals surface area contributed by atoms with Gasteiger partial charge in [-0.15, -0.1) is 0 Å². The van der Waals surface area contributed by atoms with Crippen LogP contribution in [0.25, 0.3) is 0 Å². The number of benzene rings is 1. The van der Waals surface area contributed by atoms with Gasteiger partial charge in [0.15, 0.2) is 0 Å². The first kappa shape index (κ1) is 16.4. The second-order valence-electron chi connectivity index (χ2n) is 5.92. The molecule has 5 nitrogen and oxygen atoms in total. The van der Waals surface area contributed by atoms with E-state index in [1.54, 1.807) is 11.1 Å². The van der Waals surface area contributed by atoms with Gasteiger partial charge in [-0.1, -0.05) is 6.07 Å². The average molecular weight is 329 g/mol. The number of nitrogens with zero attached hydrogens (tertiary/aromatic N) is 3. The van der Waals surface area contributed by atoms with Crippen LogP contribution in [0.5, 0.6) is 5.75 Å².